The Kier molecular flexibility index (Phi) is 7.17. The van der Waals surface area contributed by atoms with Gasteiger partial charge in [-0.2, -0.15) is 0 Å². The first-order chi connectivity index (χ1) is 14.0. The predicted molar refractivity (Wildman–Crippen MR) is 117 cm³/mol. The van der Waals surface area contributed by atoms with Crippen LogP contribution in [0.15, 0.2) is 47.6 Å². The number of aromatic nitrogens is 3. The van der Waals surface area contributed by atoms with E-state index >= 15 is 0 Å². The zero-order valence-electron chi connectivity index (χ0n) is 16.6. The van der Waals surface area contributed by atoms with E-state index in [0.29, 0.717) is 29.0 Å². The van der Waals surface area contributed by atoms with E-state index in [1.807, 2.05) is 43.5 Å². The van der Waals surface area contributed by atoms with E-state index < -0.39 is 0 Å². The first kappa shape index (κ1) is 21.2. The molecule has 1 heterocycles. The number of benzene rings is 2. The van der Waals surface area contributed by atoms with E-state index in [-0.39, 0.29) is 11.7 Å². The molecule has 0 aliphatic rings. The Balaban J connectivity index is 1.61. The number of nitrogens with one attached hydrogen (secondary N) is 1. The molecule has 1 aromatic heterocycles. The topological polar surface area (TPSA) is 69.0 Å². The molecule has 152 valence electrons. The van der Waals surface area contributed by atoms with Crippen molar-refractivity contribution >= 4 is 35.0 Å². The molecule has 3 rings (SSSR count). The normalized spacial score (nSPS) is 10.8. The molecule has 0 atom stereocenters. The maximum atomic E-state index is 12.2. The highest BCUT2D eigenvalue weighted by molar-refractivity contribution is 7.99. The first-order valence-electron chi connectivity index (χ1n) is 9.27. The standard InChI is InChI=1S/C21H23ClN4O2S/c1-4-26-18(12-28-20-14(2)7-5-8-15(20)3)24-25-21(26)29-13-19(27)23-17-10-6-9-16(22)11-17/h5-11H,4,12-13H2,1-3H3,(H,23,27). The van der Waals surface area contributed by atoms with Gasteiger partial charge in [0.25, 0.3) is 0 Å². The van der Waals surface area contributed by atoms with Crippen LogP contribution in [0.2, 0.25) is 5.02 Å². The second-order valence-electron chi connectivity index (χ2n) is 6.50. The molecular formula is C21H23ClN4O2S. The zero-order chi connectivity index (χ0) is 20.8. The second kappa shape index (κ2) is 9.80. The van der Waals surface area contributed by atoms with Crippen LogP contribution in [0.3, 0.4) is 0 Å². The predicted octanol–water partition coefficient (Wildman–Crippen LogP) is 4.88. The molecule has 0 aliphatic heterocycles. The van der Waals surface area contributed by atoms with Gasteiger partial charge in [0.1, 0.15) is 12.4 Å². The molecule has 0 unspecified atom stereocenters. The van der Waals surface area contributed by atoms with Crippen LogP contribution < -0.4 is 10.1 Å². The van der Waals surface area contributed by atoms with Gasteiger partial charge < -0.3 is 14.6 Å². The van der Waals surface area contributed by atoms with Crippen LogP contribution >= 0.6 is 23.4 Å². The number of hydrogen-bond acceptors (Lipinski definition) is 5. The molecule has 0 spiro atoms. The number of carbonyl (C=O) groups is 1. The van der Waals surface area contributed by atoms with E-state index in [0.717, 1.165) is 22.7 Å². The molecule has 0 fully saturated rings. The van der Waals surface area contributed by atoms with Crippen LogP contribution in [-0.2, 0) is 17.9 Å². The monoisotopic (exact) mass is 430 g/mol. The van der Waals surface area contributed by atoms with Crippen molar-refractivity contribution < 1.29 is 9.53 Å². The number of para-hydroxylation sites is 1. The molecule has 8 heteroatoms. The summed E-state index contributed by atoms with van der Waals surface area (Å²) in [7, 11) is 0. The van der Waals surface area contributed by atoms with Crippen molar-refractivity contribution in [3.8, 4) is 5.75 Å². The van der Waals surface area contributed by atoms with Crippen molar-refractivity contribution in [1.29, 1.82) is 0 Å². The highest BCUT2D eigenvalue weighted by Crippen LogP contribution is 2.24. The number of hydrogen-bond donors (Lipinski definition) is 1. The summed E-state index contributed by atoms with van der Waals surface area (Å²) in [5.74, 6) is 1.69. The Bertz CT molecular complexity index is 986. The maximum Gasteiger partial charge on any atom is 0.234 e. The molecule has 1 amide bonds. The molecular weight excluding hydrogens is 408 g/mol. The molecule has 0 bridgehead atoms. The van der Waals surface area contributed by atoms with Crippen molar-refractivity contribution in [3.63, 3.8) is 0 Å². The number of amides is 1. The molecule has 2 aromatic carbocycles. The molecule has 29 heavy (non-hydrogen) atoms. The summed E-state index contributed by atoms with van der Waals surface area (Å²) in [5.41, 5.74) is 2.84. The summed E-state index contributed by atoms with van der Waals surface area (Å²) in [5, 5.41) is 12.6. The van der Waals surface area contributed by atoms with Crippen molar-refractivity contribution in [1.82, 2.24) is 14.8 Å². The number of thioether (sulfide) groups is 1. The number of anilines is 1. The van der Waals surface area contributed by atoms with Gasteiger partial charge in [-0.15, -0.1) is 10.2 Å². The third-order valence-electron chi connectivity index (χ3n) is 4.30. The van der Waals surface area contributed by atoms with Crippen molar-refractivity contribution in [3.05, 3.63) is 64.4 Å². The van der Waals surface area contributed by atoms with Crippen LogP contribution in [0.25, 0.3) is 0 Å². The number of rotatable bonds is 8. The highest BCUT2D eigenvalue weighted by atomic mass is 35.5. The SMILES string of the molecule is CCn1c(COc2c(C)cccc2C)nnc1SCC(=O)Nc1cccc(Cl)c1. The third-order valence-corrected chi connectivity index (χ3v) is 5.51. The van der Waals surface area contributed by atoms with Gasteiger partial charge in [-0.05, 0) is 50.1 Å². The van der Waals surface area contributed by atoms with Gasteiger partial charge in [0.15, 0.2) is 11.0 Å². The summed E-state index contributed by atoms with van der Waals surface area (Å²) >= 11 is 7.29. The minimum absolute atomic E-state index is 0.128. The van der Waals surface area contributed by atoms with Crippen molar-refractivity contribution in [2.75, 3.05) is 11.1 Å². The zero-order valence-corrected chi connectivity index (χ0v) is 18.2. The summed E-state index contributed by atoms with van der Waals surface area (Å²) < 4.78 is 7.96. The van der Waals surface area contributed by atoms with Gasteiger partial charge in [-0.1, -0.05) is 47.6 Å². The van der Waals surface area contributed by atoms with Gasteiger partial charge in [-0.3, -0.25) is 4.79 Å². The van der Waals surface area contributed by atoms with E-state index in [4.69, 9.17) is 16.3 Å². The van der Waals surface area contributed by atoms with Crippen LogP contribution in [0, 0.1) is 13.8 Å². The van der Waals surface area contributed by atoms with E-state index in [1.54, 1.807) is 24.3 Å². The lowest BCUT2D eigenvalue weighted by atomic mass is 10.1. The van der Waals surface area contributed by atoms with Crippen LogP contribution in [0.4, 0.5) is 5.69 Å². The van der Waals surface area contributed by atoms with E-state index in [9.17, 15) is 4.79 Å². The molecule has 1 N–H and O–H groups in total. The quantitative estimate of drug-likeness (QED) is 0.516. The minimum Gasteiger partial charge on any atom is -0.485 e. The third kappa shape index (κ3) is 5.52. The molecule has 6 nitrogen and oxygen atoms in total. The highest BCUT2D eigenvalue weighted by Gasteiger charge is 2.15. The largest absolute Gasteiger partial charge is 0.485 e. The van der Waals surface area contributed by atoms with Crippen molar-refractivity contribution in [2.45, 2.75) is 39.1 Å². The lowest BCUT2D eigenvalue weighted by molar-refractivity contribution is -0.113. The van der Waals surface area contributed by atoms with Crippen LogP contribution in [-0.4, -0.2) is 26.4 Å². The Morgan fingerprint density at radius 2 is 1.90 bits per heavy atom. The summed E-state index contributed by atoms with van der Waals surface area (Å²) in [4.78, 5) is 12.2. The van der Waals surface area contributed by atoms with Gasteiger partial charge in [0.2, 0.25) is 5.91 Å². The molecule has 0 saturated carbocycles. The molecule has 0 radical (unpaired) electrons. The Morgan fingerprint density at radius 3 is 2.59 bits per heavy atom. The van der Waals surface area contributed by atoms with E-state index in [2.05, 4.69) is 15.5 Å². The van der Waals surface area contributed by atoms with Crippen LogP contribution in [0.5, 0.6) is 5.75 Å². The number of ether oxygens (including phenoxy) is 1. The number of aryl methyl sites for hydroxylation is 2. The molecule has 3 aromatic rings. The minimum atomic E-state index is -0.128. The summed E-state index contributed by atoms with van der Waals surface area (Å²) in [6.07, 6.45) is 0. The van der Waals surface area contributed by atoms with Gasteiger partial charge in [0, 0.05) is 17.3 Å². The average Bonchev–Trinajstić information content (AvgIpc) is 3.08. The van der Waals surface area contributed by atoms with Crippen molar-refractivity contribution in [2.24, 2.45) is 0 Å². The lowest BCUT2D eigenvalue weighted by Gasteiger charge is -2.12. The lowest BCUT2D eigenvalue weighted by Crippen LogP contribution is -2.15. The maximum absolute atomic E-state index is 12.2. The Hall–Kier alpha value is -2.51. The number of halogens is 1. The average molecular weight is 431 g/mol. The van der Waals surface area contributed by atoms with Gasteiger partial charge in [0.05, 0.1) is 5.75 Å². The summed E-state index contributed by atoms with van der Waals surface area (Å²) in [6.45, 7) is 7.07. The van der Waals surface area contributed by atoms with Gasteiger partial charge >= 0.3 is 0 Å². The molecule has 0 aliphatic carbocycles. The smallest absolute Gasteiger partial charge is 0.234 e. The molecule has 0 saturated heterocycles. The van der Waals surface area contributed by atoms with E-state index in [1.165, 1.54) is 11.8 Å². The van der Waals surface area contributed by atoms with Crippen LogP contribution in [0.1, 0.15) is 23.9 Å². The van der Waals surface area contributed by atoms with Gasteiger partial charge in [-0.25, -0.2) is 0 Å². The summed E-state index contributed by atoms with van der Waals surface area (Å²) in [6, 6.07) is 13.1. The Labute approximate surface area is 179 Å². The first-order valence-corrected chi connectivity index (χ1v) is 10.6. The fraction of sp³-hybridized carbons (Fsp3) is 0.286. The Morgan fingerprint density at radius 1 is 1.17 bits per heavy atom. The fourth-order valence-electron chi connectivity index (χ4n) is 2.91. The second-order valence-corrected chi connectivity index (χ2v) is 7.88. The fourth-order valence-corrected chi connectivity index (χ4v) is 3.92. The number of nitrogens with zero attached hydrogens (tertiary/aromatic N) is 3. The number of carbonyl (C=O) groups excluding carboxylic acids is 1.